The topological polar surface area (TPSA) is 52.6 Å². The van der Waals surface area contributed by atoms with Gasteiger partial charge < -0.3 is 16.9 Å². The molecule has 116 valence electrons. The molecule has 7 heteroatoms. The summed E-state index contributed by atoms with van der Waals surface area (Å²) in [5, 5.41) is 0. The number of halogens is 1. The second-order valence-corrected chi connectivity index (χ2v) is 5.39. The zero-order chi connectivity index (χ0) is 14.7. The first kappa shape index (κ1) is 23.7. The van der Waals surface area contributed by atoms with Gasteiger partial charge in [-0.05, 0) is 26.0 Å². The maximum Gasteiger partial charge on any atom is 0.399 e. The van der Waals surface area contributed by atoms with E-state index in [-0.39, 0.29) is 25.6 Å². The molecule has 0 aromatic carbocycles. The second kappa shape index (κ2) is 12.6. The Morgan fingerprint density at radius 3 is 1.53 bits per heavy atom. The lowest BCUT2D eigenvalue weighted by atomic mass is 10.4. The molecule has 0 unspecified atom stereocenters. The molecule has 0 aliphatic rings. The lowest BCUT2D eigenvalue weighted by Crippen LogP contribution is -3.00. The normalized spacial score (nSPS) is 10.7. The van der Waals surface area contributed by atoms with Crippen molar-refractivity contribution in [2.45, 2.75) is 13.8 Å². The predicted molar refractivity (Wildman–Crippen MR) is 74.4 cm³/mol. The standard InChI is InChI=1S/C8H16N.C4H10O4S.ClH/c1-5-7-9(3,4)8-6-2;1-3-7-9(5,6)8-4-2;/h5-6H,1-2,7-8H2,3-4H3;3-4H2,1-2H3;1H/q+1;;/p-1. The number of rotatable bonds is 8. The molecule has 19 heavy (non-hydrogen) atoms. The zero-order valence-corrected chi connectivity index (χ0v) is 13.8. The maximum atomic E-state index is 10.4. The van der Waals surface area contributed by atoms with Gasteiger partial charge in [-0.3, -0.25) is 0 Å². The van der Waals surface area contributed by atoms with E-state index >= 15 is 0 Å². The Morgan fingerprint density at radius 2 is 1.32 bits per heavy atom. The van der Waals surface area contributed by atoms with Crippen molar-refractivity contribution >= 4 is 10.4 Å². The van der Waals surface area contributed by atoms with E-state index in [2.05, 4.69) is 35.6 Å². The van der Waals surface area contributed by atoms with Gasteiger partial charge in [-0.25, -0.2) is 8.37 Å². The maximum absolute atomic E-state index is 10.4. The monoisotopic (exact) mass is 315 g/mol. The molecule has 0 N–H and O–H groups in total. The van der Waals surface area contributed by atoms with Gasteiger partial charge in [0.25, 0.3) is 0 Å². The van der Waals surface area contributed by atoms with Crippen LogP contribution in [0.15, 0.2) is 25.3 Å². The number of likely N-dealkylation sites (N-methyl/N-ethyl adjacent to an activating group) is 1. The van der Waals surface area contributed by atoms with Crippen LogP contribution >= 0.6 is 0 Å². The van der Waals surface area contributed by atoms with Gasteiger partial charge in [0.2, 0.25) is 0 Å². The molecule has 0 atom stereocenters. The Hall–Kier alpha value is -0.400. The van der Waals surface area contributed by atoms with Gasteiger partial charge in [-0.2, -0.15) is 8.42 Å². The van der Waals surface area contributed by atoms with Gasteiger partial charge in [0.15, 0.2) is 0 Å². The molecular formula is C12H26ClNO4S. The van der Waals surface area contributed by atoms with Crippen molar-refractivity contribution in [1.29, 1.82) is 0 Å². The van der Waals surface area contributed by atoms with Crippen molar-refractivity contribution < 1.29 is 33.7 Å². The summed E-state index contributed by atoms with van der Waals surface area (Å²) in [4.78, 5) is 0. The van der Waals surface area contributed by atoms with Crippen molar-refractivity contribution in [3.63, 3.8) is 0 Å². The third-order valence-electron chi connectivity index (χ3n) is 1.77. The molecule has 0 fully saturated rings. The van der Waals surface area contributed by atoms with Crippen molar-refractivity contribution in [2.75, 3.05) is 40.4 Å². The number of quaternary nitrogens is 1. The summed E-state index contributed by atoms with van der Waals surface area (Å²) in [6.45, 7) is 12.8. The van der Waals surface area contributed by atoms with Crippen LogP contribution in [0.4, 0.5) is 0 Å². The summed E-state index contributed by atoms with van der Waals surface area (Å²) in [6, 6.07) is 0. The molecule has 0 aromatic heterocycles. The molecule has 0 saturated heterocycles. The highest BCUT2D eigenvalue weighted by Gasteiger charge is 2.08. The fraction of sp³-hybridized carbons (Fsp3) is 0.667. The molecule has 0 saturated carbocycles. The van der Waals surface area contributed by atoms with Gasteiger partial charge in [0, 0.05) is 0 Å². The molecule has 0 aliphatic carbocycles. The Kier molecular flexibility index (Phi) is 15.7. The highest BCUT2D eigenvalue weighted by molar-refractivity contribution is 7.81. The highest BCUT2D eigenvalue weighted by atomic mass is 35.5. The number of hydrogen-bond acceptors (Lipinski definition) is 4. The van der Waals surface area contributed by atoms with Gasteiger partial charge in [0.1, 0.15) is 0 Å². The van der Waals surface area contributed by atoms with E-state index in [1.54, 1.807) is 13.8 Å². The zero-order valence-electron chi connectivity index (χ0n) is 12.3. The van der Waals surface area contributed by atoms with Crippen molar-refractivity contribution in [3.8, 4) is 0 Å². The van der Waals surface area contributed by atoms with Gasteiger partial charge in [-0.15, -0.1) is 0 Å². The first-order valence-electron chi connectivity index (χ1n) is 5.82. The molecule has 0 heterocycles. The van der Waals surface area contributed by atoms with E-state index in [9.17, 15) is 8.42 Å². The van der Waals surface area contributed by atoms with E-state index < -0.39 is 10.4 Å². The third kappa shape index (κ3) is 17.6. The summed E-state index contributed by atoms with van der Waals surface area (Å²) in [6.07, 6.45) is 3.87. The van der Waals surface area contributed by atoms with Crippen LogP contribution in [0, 0.1) is 0 Å². The molecule has 0 aromatic rings. The third-order valence-corrected chi connectivity index (χ3v) is 2.82. The lowest BCUT2D eigenvalue weighted by Gasteiger charge is -2.26. The summed E-state index contributed by atoms with van der Waals surface area (Å²) in [5.74, 6) is 0. The molecule has 5 nitrogen and oxygen atoms in total. The molecule has 0 spiro atoms. The Balaban J connectivity index is -0.000000256. The molecule has 0 radical (unpaired) electrons. The van der Waals surface area contributed by atoms with Crippen LogP contribution in [0.5, 0.6) is 0 Å². The van der Waals surface area contributed by atoms with Gasteiger partial charge in [0.05, 0.1) is 40.4 Å². The number of hydrogen-bond donors (Lipinski definition) is 0. The molecule has 0 bridgehead atoms. The summed E-state index contributed by atoms with van der Waals surface area (Å²) >= 11 is 0. The second-order valence-electron chi connectivity index (χ2n) is 4.10. The Labute approximate surface area is 124 Å². The van der Waals surface area contributed by atoms with Crippen LogP contribution in [0.25, 0.3) is 0 Å². The minimum Gasteiger partial charge on any atom is -1.00 e. The van der Waals surface area contributed by atoms with Crippen molar-refractivity contribution in [2.24, 2.45) is 0 Å². The SMILES string of the molecule is C=CC[N+](C)(C)CC=C.CCOS(=O)(=O)OCC.[Cl-]. The van der Waals surface area contributed by atoms with Crippen LogP contribution in [-0.4, -0.2) is 53.3 Å². The summed E-state index contributed by atoms with van der Waals surface area (Å²) in [5.41, 5.74) is 0. The van der Waals surface area contributed by atoms with Crippen LogP contribution in [0.2, 0.25) is 0 Å². The number of nitrogens with zero attached hydrogens (tertiary/aromatic N) is 1. The Bertz CT molecular complexity index is 305. The quantitative estimate of drug-likeness (QED) is 0.415. The molecule has 0 aliphatic heterocycles. The van der Waals surface area contributed by atoms with Crippen LogP contribution < -0.4 is 12.4 Å². The average Bonchev–Trinajstić information content (AvgIpc) is 2.17. The fourth-order valence-corrected chi connectivity index (χ4v) is 1.74. The van der Waals surface area contributed by atoms with E-state index in [0.29, 0.717) is 0 Å². The molecular weight excluding hydrogens is 290 g/mol. The van der Waals surface area contributed by atoms with Crippen LogP contribution in [0.1, 0.15) is 13.8 Å². The van der Waals surface area contributed by atoms with Crippen LogP contribution in [0.3, 0.4) is 0 Å². The van der Waals surface area contributed by atoms with Crippen molar-refractivity contribution in [3.05, 3.63) is 25.3 Å². The van der Waals surface area contributed by atoms with E-state index in [4.69, 9.17) is 0 Å². The first-order valence-corrected chi connectivity index (χ1v) is 7.15. The average molecular weight is 316 g/mol. The highest BCUT2D eigenvalue weighted by Crippen LogP contribution is 1.95. The molecule has 0 rings (SSSR count). The van der Waals surface area contributed by atoms with E-state index in [0.717, 1.165) is 17.6 Å². The summed E-state index contributed by atoms with van der Waals surface area (Å²) in [7, 11) is 0.631. The summed E-state index contributed by atoms with van der Waals surface area (Å²) < 4.78 is 30.2. The fourth-order valence-electron chi connectivity index (χ4n) is 1.10. The minimum absolute atomic E-state index is 0. The van der Waals surface area contributed by atoms with Gasteiger partial charge in [-0.1, -0.05) is 13.2 Å². The lowest BCUT2D eigenvalue weighted by molar-refractivity contribution is -0.878. The van der Waals surface area contributed by atoms with E-state index in [1.807, 2.05) is 12.2 Å². The van der Waals surface area contributed by atoms with Gasteiger partial charge >= 0.3 is 10.4 Å². The molecule has 0 amide bonds. The van der Waals surface area contributed by atoms with Crippen molar-refractivity contribution in [1.82, 2.24) is 0 Å². The predicted octanol–water partition coefficient (Wildman–Crippen LogP) is -1.26. The Morgan fingerprint density at radius 1 is 1.00 bits per heavy atom. The largest absolute Gasteiger partial charge is 1.00 e. The van der Waals surface area contributed by atoms with Crippen LogP contribution in [-0.2, 0) is 18.8 Å². The smallest absolute Gasteiger partial charge is 0.399 e. The first-order chi connectivity index (χ1) is 8.24. The van der Waals surface area contributed by atoms with E-state index in [1.165, 1.54) is 0 Å². The minimum atomic E-state index is -3.68.